The van der Waals surface area contributed by atoms with Gasteiger partial charge in [0, 0.05) is 15.6 Å². The van der Waals surface area contributed by atoms with Crippen molar-refractivity contribution in [2.45, 2.75) is 0 Å². The fourth-order valence-corrected chi connectivity index (χ4v) is 1.81. The lowest BCUT2D eigenvalue weighted by atomic mass is 10.1. The summed E-state index contributed by atoms with van der Waals surface area (Å²) in [7, 11) is 0. The summed E-state index contributed by atoms with van der Waals surface area (Å²) in [6, 6.07) is 8.98. The van der Waals surface area contributed by atoms with Gasteiger partial charge in [-0.05, 0) is 18.2 Å². The Kier molecular flexibility index (Phi) is 3.78. The molecule has 0 aliphatic rings. The van der Waals surface area contributed by atoms with Crippen LogP contribution in [0, 0.1) is 11.3 Å². The van der Waals surface area contributed by atoms with Crippen LogP contribution < -0.4 is 5.11 Å². The third kappa shape index (κ3) is 2.89. The number of rotatable bonds is 3. The van der Waals surface area contributed by atoms with Crippen molar-refractivity contribution in [3.63, 3.8) is 0 Å². The SMILES string of the molecule is N#C/C(=C/c1cn[nH]c1-c1ccc(Br)cc1)C(=O)[O-]. The molecule has 2 rings (SSSR count). The molecular weight excluding hydrogens is 310 g/mol. The number of halogens is 1. The lowest BCUT2D eigenvalue weighted by Crippen LogP contribution is -2.23. The minimum Gasteiger partial charge on any atom is -0.544 e. The minimum atomic E-state index is -1.51. The molecule has 0 radical (unpaired) electrons. The second-order valence-electron chi connectivity index (χ2n) is 3.66. The third-order valence-corrected chi connectivity index (χ3v) is 2.97. The smallest absolute Gasteiger partial charge is 0.101 e. The van der Waals surface area contributed by atoms with Crippen LogP contribution >= 0.6 is 15.9 Å². The maximum absolute atomic E-state index is 10.7. The largest absolute Gasteiger partial charge is 0.544 e. The number of aromatic amines is 1. The molecule has 5 nitrogen and oxygen atoms in total. The Morgan fingerprint density at radius 2 is 2.11 bits per heavy atom. The molecular formula is C13H7BrN3O2-. The molecule has 1 N–H and O–H groups in total. The molecule has 0 fully saturated rings. The van der Waals surface area contributed by atoms with E-state index in [1.807, 2.05) is 24.3 Å². The van der Waals surface area contributed by atoms with Crippen LogP contribution in [0.3, 0.4) is 0 Å². The number of benzene rings is 1. The van der Waals surface area contributed by atoms with Gasteiger partial charge in [-0.2, -0.15) is 10.4 Å². The summed E-state index contributed by atoms with van der Waals surface area (Å²) in [6.07, 6.45) is 2.69. The fourth-order valence-electron chi connectivity index (χ4n) is 1.55. The first-order chi connectivity index (χ1) is 9.11. The van der Waals surface area contributed by atoms with E-state index >= 15 is 0 Å². The molecule has 0 saturated carbocycles. The lowest BCUT2D eigenvalue weighted by molar-refractivity contribution is -0.298. The molecule has 6 heteroatoms. The molecule has 2 aromatic rings. The number of aromatic nitrogens is 2. The number of hydrogen-bond donors (Lipinski definition) is 1. The topological polar surface area (TPSA) is 92.6 Å². The number of H-pyrrole nitrogens is 1. The maximum atomic E-state index is 10.7. The summed E-state index contributed by atoms with van der Waals surface area (Å²) in [6.45, 7) is 0. The van der Waals surface area contributed by atoms with E-state index in [4.69, 9.17) is 5.26 Å². The standard InChI is InChI=1S/C13H8BrN3O2/c14-11-3-1-8(2-4-11)12-10(7-16-17-12)5-9(6-15)13(18)19/h1-5,7H,(H,16,17)(H,18,19)/p-1/b9-5-. The lowest BCUT2D eigenvalue weighted by Gasteiger charge is -2.02. The van der Waals surface area contributed by atoms with Crippen LogP contribution in [0.15, 0.2) is 40.5 Å². The van der Waals surface area contributed by atoms with Gasteiger partial charge in [-0.15, -0.1) is 0 Å². The zero-order chi connectivity index (χ0) is 13.8. The first-order valence-electron chi connectivity index (χ1n) is 5.24. The van der Waals surface area contributed by atoms with Gasteiger partial charge in [0.05, 0.1) is 23.4 Å². The Labute approximate surface area is 117 Å². The quantitative estimate of drug-likeness (QED) is 0.686. The minimum absolute atomic E-state index is 0.445. The van der Waals surface area contributed by atoms with E-state index in [2.05, 4.69) is 26.1 Å². The van der Waals surface area contributed by atoms with Gasteiger partial charge in [-0.1, -0.05) is 28.1 Å². The van der Waals surface area contributed by atoms with Crippen LogP contribution in [0.25, 0.3) is 17.3 Å². The molecule has 1 aromatic carbocycles. The van der Waals surface area contributed by atoms with Crippen molar-refractivity contribution in [3.05, 3.63) is 46.1 Å². The number of nitrogens with zero attached hydrogens (tertiary/aromatic N) is 2. The molecule has 94 valence electrons. The van der Waals surface area contributed by atoms with Crippen LogP contribution in [-0.4, -0.2) is 16.2 Å². The van der Waals surface area contributed by atoms with Gasteiger partial charge in [0.1, 0.15) is 6.07 Å². The van der Waals surface area contributed by atoms with Gasteiger partial charge in [-0.3, -0.25) is 5.10 Å². The van der Waals surface area contributed by atoms with Gasteiger partial charge in [0.15, 0.2) is 0 Å². The fraction of sp³-hybridized carbons (Fsp3) is 0. The van der Waals surface area contributed by atoms with Crippen LogP contribution in [0.2, 0.25) is 0 Å². The summed E-state index contributed by atoms with van der Waals surface area (Å²) in [5.74, 6) is -1.51. The molecule has 0 spiro atoms. The number of nitriles is 1. The summed E-state index contributed by atoms with van der Waals surface area (Å²) < 4.78 is 0.931. The Hall–Kier alpha value is -2.39. The van der Waals surface area contributed by atoms with E-state index < -0.39 is 11.5 Å². The second-order valence-corrected chi connectivity index (χ2v) is 4.58. The molecule has 0 unspecified atom stereocenters. The van der Waals surface area contributed by atoms with Crippen molar-refractivity contribution in [2.24, 2.45) is 0 Å². The number of carboxylic acids is 1. The highest BCUT2D eigenvalue weighted by Gasteiger charge is 2.07. The summed E-state index contributed by atoms with van der Waals surface area (Å²) in [5.41, 5.74) is 1.55. The van der Waals surface area contributed by atoms with Gasteiger partial charge < -0.3 is 9.90 Å². The highest BCUT2D eigenvalue weighted by molar-refractivity contribution is 9.10. The van der Waals surface area contributed by atoms with E-state index in [0.717, 1.165) is 10.0 Å². The summed E-state index contributed by atoms with van der Waals surface area (Å²) in [5, 5.41) is 26.1. The zero-order valence-corrected chi connectivity index (χ0v) is 11.1. The van der Waals surface area contributed by atoms with Crippen molar-refractivity contribution in [3.8, 4) is 17.3 Å². The molecule has 0 saturated heterocycles. The van der Waals surface area contributed by atoms with Gasteiger partial charge in [0.25, 0.3) is 0 Å². The van der Waals surface area contributed by atoms with E-state index in [-0.39, 0.29) is 0 Å². The number of aliphatic carboxylic acids is 1. The Morgan fingerprint density at radius 1 is 1.42 bits per heavy atom. The molecule has 1 heterocycles. The predicted molar refractivity (Wildman–Crippen MR) is 70.3 cm³/mol. The molecule has 19 heavy (non-hydrogen) atoms. The van der Waals surface area contributed by atoms with Crippen molar-refractivity contribution >= 4 is 28.0 Å². The van der Waals surface area contributed by atoms with Crippen molar-refractivity contribution in [2.75, 3.05) is 0 Å². The number of nitrogens with one attached hydrogen (secondary N) is 1. The van der Waals surface area contributed by atoms with Crippen LogP contribution in [0.4, 0.5) is 0 Å². The zero-order valence-electron chi connectivity index (χ0n) is 9.55. The van der Waals surface area contributed by atoms with E-state index in [1.54, 1.807) is 6.07 Å². The molecule has 0 bridgehead atoms. The highest BCUT2D eigenvalue weighted by atomic mass is 79.9. The Morgan fingerprint density at radius 3 is 2.68 bits per heavy atom. The first-order valence-corrected chi connectivity index (χ1v) is 6.03. The Balaban J connectivity index is 2.46. The number of hydrogen-bond acceptors (Lipinski definition) is 4. The second kappa shape index (κ2) is 5.50. The molecule has 0 atom stereocenters. The number of carbonyl (C=O) groups is 1. The van der Waals surface area contributed by atoms with E-state index in [9.17, 15) is 9.90 Å². The monoisotopic (exact) mass is 316 g/mol. The van der Waals surface area contributed by atoms with Crippen molar-refractivity contribution in [1.82, 2.24) is 10.2 Å². The van der Waals surface area contributed by atoms with Crippen molar-refractivity contribution < 1.29 is 9.90 Å². The normalized spacial score (nSPS) is 11.1. The number of carbonyl (C=O) groups excluding carboxylic acids is 1. The maximum Gasteiger partial charge on any atom is 0.101 e. The Bertz CT molecular complexity index is 681. The highest BCUT2D eigenvalue weighted by Crippen LogP contribution is 2.24. The number of carboxylic acid groups (broad SMARTS) is 1. The average molecular weight is 317 g/mol. The van der Waals surface area contributed by atoms with Crippen LogP contribution in [0.1, 0.15) is 5.56 Å². The van der Waals surface area contributed by atoms with Crippen molar-refractivity contribution in [1.29, 1.82) is 5.26 Å². The summed E-state index contributed by atoms with van der Waals surface area (Å²) in [4.78, 5) is 10.7. The van der Waals surface area contributed by atoms with Gasteiger partial charge in [-0.25, -0.2) is 0 Å². The third-order valence-electron chi connectivity index (χ3n) is 2.44. The molecule has 1 aromatic heterocycles. The van der Waals surface area contributed by atoms with E-state index in [1.165, 1.54) is 12.3 Å². The van der Waals surface area contributed by atoms with Crippen LogP contribution in [-0.2, 0) is 4.79 Å². The molecule has 0 aliphatic carbocycles. The predicted octanol–water partition coefficient (Wildman–Crippen LogP) is 1.50. The average Bonchev–Trinajstić information content (AvgIpc) is 2.84. The van der Waals surface area contributed by atoms with Gasteiger partial charge >= 0.3 is 0 Å². The first kappa shape index (κ1) is 13.1. The van der Waals surface area contributed by atoms with Gasteiger partial charge in [0.2, 0.25) is 0 Å². The summed E-state index contributed by atoms with van der Waals surface area (Å²) >= 11 is 3.33. The molecule has 0 aliphatic heterocycles. The van der Waals surface area contributed by atoms with E-state index in [0.29, 0.717) is 11.3 Å². The van der Waals surface area contributed by atoms with Crippen LogP contribution in [0.5, 0.6) is 0 Å². The molecule has 0 amide bonds.